The van der Waals surface area contributed by atoms with Crippen LogP contribution in [0.15, 0.2) is 30.3 Å². The molecule has 0 spiro atoms. The van der Waals surface area contributed by atoms with E-state index in [0.29, 0.717) is 12.3 Å². The van der Waals surface area contributed by atoms with Gasteiger partial charge in [0.15, 0.2) is 0 Å². The number of likely N-dealkylation sites (tertiary alicyclic amines) is 2. The average molecular weight is 312 g/mol. The lowest BCUT2D eigenvalue weighted by molar-refractivity contribution is -0.191. The van der Waals surface area contributed by atoms with E-state index in [2.05, 4.69) is 11.8 Å². The molecule has 2 fully saturated rings. The Kier molecular flexibility index (Phi) is 3.89. The topological polar surface area (TPSA) is 23.6 Å². The minimum absolute atomic E-state index is 0.0373. The number of hydrogen-bond donors (Lipinski definition) is 0. The molecule has 6 heteroatoms. The van der Waals surface area contributed by atoms with Gasteiger partial charge in [-0.05, 0) is 24.8 Å². The van der Waals surface area contributed by atoms with E-state index in [1.165, 1.54) is 0 Å². The third-order valence-electron chi connectivity index (χ3n) is 4.90. The molecule has 0 aliphatic carbocycles. The molecule has 0 radical (unpaired) electrons. The fourth-order valence-corrected chi connectivity index (χ4v) is 3.57. The van der Waals surface area contributed by atoms with Crippen LogP contribution in [0, 0.1) is 5.92 Å². The van der Waals surface area contributed by atoms with Crippen LogP contribution in [-0.4, -0.2) is 47.6 Å². The van der Waals surface area contributed by atoms with Crippen molar-refractivity contribution in [1.29, 1.82) is 0 Å². The minimum Gasteiger partial charge on any atom is -0.333 e. The summed E-state index contributed by atoms with van der Waals surface area (Å²) in [5, 5.41) is 0. The van der Waals surface area contributed by atoms with Crippen LogP contribution in [-0.2, 0) is 4.79 Å². The maximum atomic E-state index is 12.6. The zero-order chi connectivity index (χ0) is 15.9. The van der Waals surface area contributed by atoms with Gasteiger partial charge in [-0.25, -0.2) is 0 Å². The predicted octanol–water partition coefficient (Wildman–Crippen LogP) is 2.84. The Labute approximate surface area is 127 Å². The number of hydrogen-bond acceptors (Lipinski definition) is 2. The normalized spacial score (nSPS) is 27.0. The van der Waals surface area contributed by atoms with Gasteiger partial charge < -0.3 is 4.90 Å². The second-order valence-electron chi connectivity index (χ2n) is 6.15. The van der Waals surface area contributed by atoms with E-state index in [9.17, 15) is 18.0 Å². The molecule has 2 heterocycles. The first-order valence-corrected chi connectivity index (χ1v) is 7.54. The van der Waals surface area contributed by atoms with Crippen molar-refractivity contribution in [3.05, 3.63) is 35.9 Å². The fourth-order valence-electron chi connectivity index (χ4n) is 3.57. The summed E-state index contributed by atoms with van der Waals surface area (Å²) in [6.45, 7) is 3.36. The quantitative estimate of drug-likeness (QED) is 0.838. The SMILES string of the molecule is CC(c1ccccc1)N1CC2CCN(C(=O)C(F)(F)F)CC21. The van der Waals surface area contributed by atoms with Crippen molar-refractivity contribution >= 4 is 5.91 Å². The largest absolute Gasteiger partial charge is 0.471 e. The van der Waals surface area contributed by atoms with E-state index in [-0.39, 0.29) is 25.2 Å². The molecule has 3 unspecified atom stereocenters. The van der Waals surface area contributed by atoms with Gasteiger partial charge in [-0.15, -0.1) is 0 Å². The average Bonchev–Trinajstić information content (AvgIpc) is 2.47. The highest BCUT2D eigenvalue weighted by molar-refractivity contribution is 5.82. The number of carbonyl (C=O) groups excluding carboxylic acids is 1. The van der Waals surface area contributed by atoms with Crippen LogP contribution in [0.1, 0.15) is 24.9 Å². The van der Waals surface area contributed by atoms with Gasteiger partial charge in [0.05, 0.1) is 0 Å². The number of piperidine rings is 1. The lowest BCUT2D eigenvalue weighted by Crippen LogP contribution is -2.65. The van der Waals surface area contributed by atoms with Gasteiger partial charge in [0.25, 0.3) is 0 Å². The van der Waals surface area contributed by atoms with Crippen LogP contribution in [0.4, 0.5) is 13.2 Å². The lowest BCUT2D eigenvalue weighted by Gasteiger charge is -2.55. The van der Waals surface area contributed by atoms with Crippen LogP contribution in [0.2, 0.25) is 0 Å². The number of alkyl halides is 3. The van der Waals surface area contributed by atoms with Gasteiger partial charge in [-0.3, -0.25) is 9.69 Å². The molecule has 0 bridgehead atoms. The van der Waals surface area contributed by atoms with Crippen molar-refractivity contribution in [3.8, 4) is 0 Å². The highest BCUT2D eigenvalue weighted by Crippen LogP contribution is 2.39. The van der Waals surface area contributed by atoms with Crippen molar-refractivity contribution in [2.75, 3.05) is 19.6 Å². The standard InChI is InChI=1S/C16H19F3N2O/c1-11(12-5-3-2-4-6-12)21-9-13-7-8-20(10-14(13)21)15(22)16(17,18)19/h2-6,11,13-14H,7-10H2,1H3. The molecule has 3 nitrogen and oxygen atoms in total. The van der Waals surface area contributed by atoms with E-state index < -0.39 is 12.1 Å². The molecule has 22 heavy (non-hydrogen) atoms. The molecule has 0 saturated carbocycles. The molecule has 1 amide bonds. The molecule has 2 saturated heterocycles. The summed E-state index contributed by atoms with van der Waals surface area (Å²) in [6, 6.07) is 10.1. The first-order chi connectivity index (χ1) is 10.4. The zero-order valence-corrected chi connectivity index (χ0v) is 12.4. The van der Waals surface area contributed by atoms with Crippen LogP contribution in [0.3, 0.4) is 0 Å². The van der Waals surface area contributed by atoms with Crippen LogP contribution in [0.5, 0.6) is 0 Å². The summed E-state index contributed by atoms with van der Waals surface area (Å²) in [5.74, 6) is -1.30. The highest BCUT2D eigenvalue weighted by Gasteiger charge is 2.49. The maximum Gasteiger partial charge on any atom is 0.471 e. The van der Waals surface area contributed by atoms with Gasteiger partial charge in [-0.1, -0.05) is 30.3 Å². The van der Waals surface area contributed by atoms with Gasteiger partial charge in [0.1, 0.15) is 0 Å². The van der Waals surface area contributed by atoms with E-state index >= 15 is 0 Å². The Bertz CT molecular complexity index is 546. The van der Waals surface area contributed by atoms with Crippen LogP contribution in [0.25, 0.3) is 0 Å². The maximum absolute atomic E-state index is 12.6. The molecule has 1 aromatic rings. The fraction of sp³-hybridized carbons (Fsp3) is 0.562. The molecule has 1 aromatic carbocycles. The lowest BCUT2D eigenvalue weighted by atomic mass is 9.80. The summed E-state index contributed by atoms with van der Waals surface area (Å²) < 4.78 is 37.8. The third-order valence-corrected chi connectivity index (χ3v) is 4.90. The zero-order valence-electron chi connectivity index (χ0n) is 12.4. The number of carbonyl (C=O) groups is 1. The number of fused-ring (bicyclic) bond motifs is 1. The molecular formula is C16H19F3N2O. The smallest absolute Gasteiger partial charge is 0.333 e. The molecular weight excluding hydrogens is 293 g/mol. The number of nitrogens with zero attached hydrogens (tertiary/aromatic N) is 2. The summed E-state index contributed by atoms with van der Waals surface area (Å²) in [6.07, 6.45) is -4.11. The summed E-state index contributed by atoms with van der Waals surface area (Å²) in [4.78, 5) is 14.6. The number of benzene rings is 1. The summed E-state index contributed by atoms with van der Waals surface area (Å²) in [5.41, 5.74) is 1.15. The second kappa shape index (κ2) is 5.57. The van der Waals surface area contributed by atoms with Crippen molar-refractivity contribution in [1.82, 2.24) is 9.80 Å². The van der Waals surface area contributed by atoms with Crippen molar-refractivity contribution in [3.63, 3.8) is 0 Å². The molecule has 3 rings (SSSR count). The highest BCUT2D eigenvalue weighted by atomic mass is 19.4. The van der Waals surface area contributed by atoms with E-state index in [4.69, 9.17) is 0 Å². The third kappa shape index (κ3) is 2.72. The first kappa shape index (κ1) is 15.3. The Morgan fingerprint density at radius 2 is 1.91 bits per heavy atom. The Morgan fingerprint density at radius 1 is 1.23 bits per heavy atom. The Balaban J connectivity index is 1.68. The Hall–Kier alpha value is -1.56. The minimum atomic E-state index is -4.77. The van der Waals surface area contributed by atoms with Gasteiger partial charge >= 0.3 is 12.1 Å². The number of amides is 1. The van der Waals surface area contributed by atoms with Crippen molar-refractivity contribution < 1.29 is 18.0 Å². The van der Waals surface area contributed by atoms with Crippen molar-refractivity contribution in [2.24, 2.45) is 5.92 Å². The second-order valence-corrected chi connectivity index (χ2v) is 6.15. The molecule has 0 N–H and O–H groups in total. The van der Waals surface area contributed by atoms with Gasteiger partial charge in [-0.2, -0.15) is 13.2 Å². The Morgan fingerprint density at radius 3 is 2.55 bits per heavy atom. The number of rotatable bonds is 2. The summed E-state index contributed by atoms with van der Waals surface area (Å²) in [7, 11) is 0. The van der Waals surface area contributed by atoms with E-state index in [0.717, 1.165) is 17.0 Å². The molecule has 3 atom stereocenters. The van der Waals surface area contributed by atoms with Crippen molar-refractivity contribution in [2.45, 2.75) is 31.6 Å². The molecule has 2 aliphatic rings. The molecule has 2 aliphatic heterocycles. The van der Waals surface area contributed by atoms with E-state index in [1.54, 1.807) is 0 Å². The van der Waals surface area contributed by atoms with E-state index in [1.807, 2.05) is 30.3 Å². The predicted molar refractivity (Wildman–Crippen MR) is 76.1 cm³/mol. The number of halogens is 3. The first-order valence-electron chi connectivity index (χ1n) is 7.54. The molecule has 120 valence electrons. The monoisotopic (exact) mass is 312 g/mol. The summed E-state index contributed by atoms with van der Waals surface area (Å²) >= 11 is 0. The van der Waals surface area contributed by atoms with Gasteiger partial charge in [0, 0.05) is 31.7 Å². The van der Waals surface area contributed by atoms with Crippen LogP contribution >= 0.6 is 0 Å². The van der Waals surface area contributed by atoms with Crippen LogP contribution < -0.4 is 0 Å². The van der Waals surface area contributed by atoms with Gasteiger partial charge in [0.2, 0.25) is 0 Å². The molecule has 0 aromatic heterocycles.